The molecule has 2 heteroatoms. The summed E-state index contributed by atoms with van der Waals surface area (Å²) in [5.74, 6) is 0. The average Bonchev–Trinajstić information content (AvgIpc) is 1.72. The molecule has 0 fully saturated rings. The summed E-state index contributed by atoms with van der Waals surface area (Å²) in [6.45, 7) is 2.34. The lowest BCUT2D eigenvalue weighted by Crippen LogP contribution is -2.02. The Balaban J connectivity index is 3.60. The zero-order valence-corrected chi connectivity index (χ0v) is 4.44. The summed E-state index contributed by atoms with van der Waals surface area (Å²) in [6, 6.07) is 0. The Morgan fingerprint density at radius 3 is 2.43 bits per heavy atom. The van der Waals surface area contributed by atoms with Crippen molar-refractivity contribution in [2.24, 2.45) is 5.73 Å². The maximum absolute atomic E-state index is 6.69. The number of hydrogen-bond acceptors (Lipinski definition) is 2. The molecular weight excluding hydrogens is 88.1 g/mol. The van der Waals surface area contributed by atoms with E-state index in [2.05, 4.69) is 0 Å². The molecule has 0 aliphatic heterocycles. The van der Waals surface area contributed by atoms with Crippen LogP contribution in [-0.2, 0) is 0 Å². The number of nitrogens with one attached hydrogen (secondary N) is 1. The summed E-state index contributed by atoms with van der Waals surface area (Å²) >= 11 is 0. The van der Waals surface area contributed by atoms with Crippen LogP contribution < -0.4 is 5.73 Å². The first-order valence-electron chi connectivity index (χ1n) is 2.21. The molecule has 0 aromatic rings. The Hall–Kier alpha value is -0.630. The zero-order chi connectivity index (χ0) is 5.70. The van der Waals surface area contributed by atoms with Gasteiger partial charge in [-0.3, -0.25) is 0 Å². The Morgan fingerprint density at radius 1 is 1.86 bits per heavy atom. The number of nitrogens with two attached hydrogens (primary N) is 1. The number of rotatable bonds is 2. The van der Waals surface area contributed by atoms with Crippen LogP contribution >= 0.6 is 0 Å². The van der Waals surface area contributed by atoms with Crippen molar-refractivity contribution >= 4 is 6.21 Å². The molecule has 0 aliphatic carbocycles. The first kappa shape index (κ1) is 6.37. The van der Waals surface area contributed by atoms with E-state index in [1.807, 2.05) is 13.0 Å². The summed E-state index contributed by atoms with van der Waals surface area (Å²) in [4.78, 5) is 0. The minimum Gasteiger partial charge on any atom is -0.326 e. The van der Waals surface area contributed by atoms with Gasteiger partial charge < -0.3 is 11.1 Å². The lowest BCUT2D eigenvalue weighted by atomic mass is 10.3. The van der Waals surface area contributed by atoms with Crippen LogP contribution in [-0.4, -0.2) is 12.8 Å². The van der Waals surface area contributed by atoms with E-state index in [4.69, 9.17) is 11.1 Å². The Bertz CT molecular complexity index is 84.1. The van der Waals surface area contributed by atoms with Crippen molar-refractivity contribution in [1.82, 2.24) is 0 Å². The van der Waals surface area contributed by atoms with Crippen LogP contribution in [0.15, 0.2) is 11.6 Å². The van der Waals surface area contributed by atoms with E-state index in [0.29, 0.717) is 6.54 Å². The van der Waals surface area contributed by atoms with Crippen molar-refractivity contribution in [3.05, 3.63) is 11.6 Å². The van der Waals surface area contributed by atoms with Crippen LogP contribution in [0, 0.1) is 5.41 Å². The summed E-state index contributed by atoms with van der Waals surface area (Å²) in [6.07, 6.45) is 3.09. The first-order valence-corrected chi connectivity index (χ1v) is 2.21. The van der Waals surface area contributed by atoms with E-state index in [-0.39, 0.29) is 0 Å². The molecule has 40 valence electrons. The molecule has 0 rings (SSSR count). The molecular formula is C5H10N2. The van der Waals surface area contributed by atoms with Gasteiger partial charge in [0, 0.05) is 12.8 Å². The quantitative estimate of drug-likeness (QED) is 0.486. The van der Waals surface area contributed by atoms with Crippen molar-refractivity contribution in [2.75, 3.05) is 6.54 Å². The lowest BCUT2D eigenvalue weighted by molar-refractivity contribution is 1.20. The van der Waals surface area contributed by atoms with Gasteiger partial charge in [0.25, 0.3) is 0 Å². The largest absolute Gasteiger partial charge is 0.326 e. The molecule has 0 spiro atoms. The standard InChI is InChI=1S/C5H10N2/c1-2-5(3-6)4-7/h2-3,6H,4,7H2,1H3/b5-2+,6-3?. The third-order valence-electron chi connectivity index (χ3n) is 0.792. The predicted octanol–water partition coefficient (Wildman–Crippen LogP) is 0.541. The van der Waals surface area contributed by atoms with Gasteiger partial charge in [-0.2, -0.15) is 0 Å². The molecule has 0 radical (unpaired) electrons. The van der Waals surface area contributed by atoms with Gasteiger partial charge in [0.05, 0.1) is 0 Å². The van der Waals surface area contributed by atoms with Gasteiger partial charge in [0.1, 0.15) is 0 Å². The van der Waals surface area contributed by atoms with E-state index in [1.165, 1.54) is 6.21 Å². The SMILES string of the molecule is C/C=C(\C=N)CN. The topological polar surface area (TPSA) is 49.9 Å². The third-order valence-corrected chi connectivity index (χ3v) is 0.792. The van der Waals surface area contributed by atoms with Crippen molar-refractivity contribution in [3.63, 3.8) is 0 Å². The first-order chi connectivity index (χ1) is 3.35. The summed E-state index contributed by atoms with van der Waals surface area (Å²) in [7, 11) is 0. The van der Waals surface area contributed by atoms with Crippen LogP contribution in [0.4, 0.5) is 0 Å². The molecule has 0 unspecified atom stereocenters. The van der Waals surface area contributed by atoms with Crippen LogP contribution in [0.1, 0.15) is 6.92 Å². The summed E-state index contributed by atoms with van der Waals surface area (Å²) in [5.41, 5.74) is 6.05. The summed E-state index contributed by atoms with van der Waals surface area (Å²) in [5, 5.41) is 6.69. The van der Waals surface area contributed by atoms with E-state index < -0.39 is 0 Å². The highest BCUT2D eigenvalue weighted by Gasteiger charge is 1.79. The van der Waals surface area contributed by atoms with Crippen LogP contribution in [0.25, 0.3) is 0 Å². The van der Waals surface area contributed by atoms with Gasteiger partial charge in [0.2, 0.25) is 0 Å². The molecule has 0 aromatic carbocycles. The van der Waals surface area contributed by atoms with Gasteiger partial charge >= 0.3 is 0 Å². The monoisotopic (exact) mass is 98.1 g/mol. The molecule has 7 heavy (non-hydrogen) atoms. The Morgan fingerprint density at radius 2 is 2.43 bits per heavy atom. The molecule has 0 saturated carbocycles. The van der Waals surface area contributed by atoms with Gasteiger partial charge in [-0.05, 0) is 12.5 Å². The highest BCUT2D eigenvalue weighted by atomic mass is 14.5. The minimum atomic E-state index is 0.472. The van der Waals surface area contributed by atoms with Gasteiger partial charge in [-0.1, -0.05) is 6.08 Å². The fraction of sp³-hybridized carbons (Fsp3) is 0.400. The molecule has 0 heterocycles. The fourth-order valence-electron chi connectivity index (χ4n) is 0.260. The van der Waals surface area contributed by atoms with E-state index >= 15 is 0 Å². The molecule has 0 amide bonds. The number of allylic oxidation sites excluding steroid dienone is 1. The molecule has 0 atom stereocenters. The smallest absolute Gasteiger partial charge is 0.0219 e. The highest BCUT2D eigenvalue weighted by Crippen LogP contribution is 1.80. The Kier molecular flexibility index (Phi) is 3.24. The van der Waals surface area contributed by atoms with E-state index in [0.717, 1.165) is 5.57 Å². The average molecular weight is 98.1 g/mol. The van der Waals surface area contributed by atoms with E-state index in [9.17, 15) is 0 Å². The van der Waals surface area contributed by atoms with E-state index in [1.54, 1.807) is 0 Å². The Labute approximate surface area is 43.5 Å². The van der Waals surface area contributed by atoms with Gasteiger partial charge in [-0.25, -0.2) is 0 Å². The summed E-state index contributed by atoms with van der Waals surface area (Å²) < 4.78 is 0. The lowest BCUT2D eigenvalue weighted by Gasteiger charge is -1.87. The minimum absolute atomic E-state index is 0.472. The molecule has 0 bridgehead atoms. The van der Waals surface area contributed by atoms with Crippen LogP contribution in [0.5, 0.6) is 0 Å². The van der Waals surface area contributed by atoms with Gasteiger partial charge in [-0.15, -0.1) is 0 Å². The molecule has 0 aliphatic rings. The second-order valence-corrected chi connectivity index (χ2v) is 1.21. The number of hydrogen-bond donors (Lipinski definition) is 2. The second kappa shape index (κ2) is 3.56. The van der Waals surface area contributed by atoms with Gasteiger partial charge in [0.15, 0.2) is 0 Å². The maximum Gasteiger partial charge on any atom is 0.0219 e. The second-order valence-electron chi connectivity index (χ2n) is 1.21. The van der Waals surface area contributed by atoms with Crippen molar-refractivity contribution in [3.8, 4) is 0 Å². The maximum atomic E-state index is 6.69. The molecule has 0 aromatic heterocycles. The van der Waals surface area contributed by atoms with Crippen molar-refractivity contribution in [1.29, 1.82) is 5.41 Å². The zero-order valence-electron chi connectivity index (χ0n) is 4.44. The van der Waals surface area contributed by atoms with Crippen LogP contribution in [0.2, 0.25) is 0 Å². The van der Waals surface area contributed by atoms with Crippen molar-refractivity contribution < 1.29 is 0 Å². The molecule has 2 nitrogen and oxygen atoms in total. The predicted molar refractivity (Wildman–Crippen MR) is 31.6 cm³/mol. The van der Waals surface area contributed by atoms with Crippen molar-refractivity contribution in [2.45, 2.75) is 6.92 Å². The molecule has 0 saturated heterocycles. The highest BCUT2D eigenvalue weighted by molar-refractivity contribution is 5.75. The normalized spacial score (nSPS) is 11.4. The fourth-order valence-corrected chi connectivity index (χ4v) is 0.260. The molecule has 3 N–H and O–H groups in total. The van der Waals surface area contributed by atoms with Crippen LogP contribution in [0.3, 0.4) is 0 Å². The third kappa shape index (κ3) is 2.11.